The van der Waals surface area contributed by atoms with E-state index in [0.717, 1.165) is 23.9 Å². The van der Waals surface area contributed by atoms with E-state index in [0.29, 0.717) is 19.0 Å². The second-order valence-electron chi connectivity index (χ2n) is 6.80. The van der Waals surface area contributed by atoms with E-state index in [1.807, 2.05) is 30.5 Å². The van der Waals surface area contributed by atoms with E-state index in [1.54, 1.807) is 0 Å². The maximum absolute atomic E-state index is 11.5. The lowest BCUT2D eigenvalue weighted by atomic mass is 9.94. The Hall–Kier alpha value is -2.84. The van der Waals surface area contributed by atoms with E-state index >= 15 is 0 Å². The fourth-order valence-corrected chi connectivity index (χ4v) is 3.60. The molecule has 8 heteroatoms. The zero-order valence-corrected chi connectivity index (χ0v) is 15.0. The number of carbonyl (C=O) groups excluding carboxylic acids is 1. The summed E-state index contributed by atoms with van der Waals surface area (Å²) < 4.78 is 5.14. The molecule has 0 spiro atoms. The number of aliphatic hydroxyl groups is 1. The van der Waals surface area contributed by atoms with Crippen LogP contribution in [0.5, 0.6) is 0 Å². The van der Waals surface area contributed by atoms with Gasteiger partial charge >= 0.3 is 0 Å². The minimum absolute atomic E-state index is 0.0204. The highest BCUT2D eigenvalue weighted by Gasteiger charge is 2.32. The molecule has 1 saturated heterocycles. The third-order valence-electron chi connectivity index (χ3n) is 4.96. The number of nitrogens with one attached hydrogen (secondary N) is 1. The Labute approximate surface area is 156 Å². The van der Waals surface area contributed by atoms with Crippen molar-refractivity contribution < 1.29 is 14.4 Å². The first-order chi connectivity index (χ1) is 13.1. The smallest absolute Gasteiger partial charge is 0.292 e. The van der Waals surface area contributed by atoms with E-state index in [1.165, 1.54) is 12.6 Å². The number of pyridine rings is 1. The first-order valence-electron chi connectivity index (χ1n) is 8.91. The van der Waals surface area contributed by atoms with Crippen molar-refractivity contribution in [1.29, 1.82) is 0 Å². The molecule has 2 unspecified atom stereocenters. The molecule has 1 fully saturated rings. The number of hydrogen-bond acceptors (Lipinski definition) is 7. The molecule has 3 aromatic rings. The quantitative estimate of drug-likeness (QED) is 0.693. The zero-order valence-electron chi connectivity index (χ0n) is 15.0. The highest BCUT2D eigenvalue weighted by Crippen LogP contribution is 2.26. The second-order valence-corrected chi connectivity index (χ2v) is 6.80. The molecule has 1 aliphatic heterocycles. The zero-order chi connectivity index (χ0) is 18.8. The Balaban J connectivity index is 1.44. The van der Waals surface area contributed by atoms with Gasteiger partial charge in [0.15, 0.2) is 0 Å². The molecule has 27 heavy (non-hydrogen) atoms. The first kappa shape index (κ1) is 17.6. The lowest BCUT2D eigenvalue weighted by molar-refractivity contribution is 0.0950. The van der Waals surface area contributed by atoms with Crippen molar-refractivity contribution >= 4 is 16.8 Å². The van der Waals surface area contributed by atoms with E-state index in [4.69, 9.17) is 4.52 Å². The molecule has 2 aromatic heterocycles. The summed E-state index contributed by atoms with van der Waals surface area (Å²) in [6, 6.07) is 10.1. The molecule has 1 aromatic carbocycles. The summed E-state index contributed by atoms with van der Waals surface area (Å²) in [4.78, 5) is 22.1. The maximum atomic E-state index is 11.5. The summed E-state index contributed by atoms with van der Waals surface area (Å²) in [6.45, 7) is 1.66. The second kappa shape index (κ2) is 7.42. The lowest BCUT2D eigenvalue weighted by Gasteiger charge is -2.15. The number of aromatic nitrogens is 3. The van der Waals surface area contributed by atoms with E-state index in [-0.39, 0.29) is 17.6 Å². The minimum Gasteiger partial charge on any atom is -0.391 e. The van der Waals surface area contributed by atoms with Crippen LogP contribution in [0.4, 0.5) is 0 Å². The summed E-state index contributed by atoms with van der Waals surface area (Å²) >= 11 is 0. The average Bonchev–Trinajstić information content (AvgIpc) is 3.28. The number of nitrogens with zero attached hydrogens (tertiary/aromatic N) is 4. The summed E-state index contributed by atoms with van der Waals surface area (Å²) in [5.41, 5.74) is 2.15. The minimum atomic E-state index is -0.432. The maximum Gasteiger partial charge on any atom is 0.292 e. The van der Waals surface area contributed by atoms with Gasteiger partial charge in [-0.15, -0.1) is 0 Å². The van der Waals surface area contributed by atoms with Gasteiger partial charge in [0.05, 0.1) is 18.2 Å². The molecular weight excluding hydrogens is 346 g/mol. The largest absolute Gasteiger partial charge is 0.391 e. The highest BCUT2D eigenvalue weighted by atomic mass is 16.5. The summed E-state index contributed by atoms with van der Waals surface area (Å²) in [5.74, 6) is 0.119. The van der Waals surface area contributed by atoms with Gasteiger partial charge in [-0.25, -0.2) is 0 Å². The van der Waals surface area contributed by atoms with E-state index in [2.05, 4.69) is 31.4 Å². The predicted octanol–water partition coefficient (Wildman–Crippen LogP) is 1.01. The Kier molecular flexibility index (Phi) is 4.83. The van der Waals surface area contributed by atoms with Crippen molar-refractivity contribution in [3.05, 3.63) is 53.8 Å². The number of hydrogen-bond donors (Lipinski definition) is 2. The number of amides is 1. The molecule has 140 valence electrons. The molecule has 0 radical (unpaired) electrons. The summed E-state index contributed by atoms with van der Waals surface area (Å²) in [6.07, 6.45) is 2.15. The molecule has 3 heterocycles. The lowest BCUT2D eigenvalue weighted by Crippen LogP contribution is -2.22. The molecule has 4 rings (SSSR count). The molecular formula is C19H21N5O3. The van der Waals surface area contributed by atoms with Gasteiger partial charge in [0.2, 0.25) is 5.89 Å². The molecule has 0 saturated carbocycles. The van der Waals surface area contributed by atoms with Gasteiger partial charge in [0.1, 0.15) is 0 Å². The summed E-state index contributed by atoms with van der Waals surface area (Å²) in [5, 5.41) is 17.8. The van der Waals surface area contributed by atoms with Gasteiger partial charge in [-0.3, -0.25) is 14.7 Å². The van der Waals surface area contributed by atoms with E-state index in [9.17, 15) is 9.90 Å². The van der Waals surface area contributed by atoms with Crippen LogP contribution in [0.25, 0.3) is 10.9 Å². The monoisotopic (exact) mass is 367 g/mol. The van der Waals surface area contributed by atoms with Crippen LogP contribution in [-0.2, 0) is 13.0 Å². The van der Waals surface area contributed by atoms with Gasteiger partial charge in [-0.05, 0) is 24.1 Å². The molecule has 2 atom stereocenters. The fourth-order valence-electron chi connectivity index (χ4n) is 3.60. The van der Waals surface area contributed by atoms with Gasteiger partial charge in [0.25, 0.3) is 11.7 Å². The summed E-state index contributed by atoms with van der Waals surface area (Å²) in [7, 11) is 1.52. The number of likely N-dealkylation sites (tertiary alicyclic amines) is 1. The topological polar surface area (TPSA) is 104 Å². The number of aliphatic hydroxyl groups excluding tert-OH is 1. The van der Waals surface area contributed by atoms with Crippen LogP contribution in [0.15, 0.2) is 41.1 Å². The van der Waals surface area contributed by atoms with Crippen LogP contribution in [0.2, 0.25) is 0 Å². The number of β-amino-alcohol motifs (C(OH)–C–C–N with tert-alkyl or cyclic N) is 1. The van der Waals surface area contributed by atoms with Crippen molar-refractivity contribution in [2.75, 3.05) is 20.1 Å². The Morgan fingerprint density at radius 3 is 3.04 bits per heavy atom. The molecule has 0 bridgehead atoms. The van der Waals surface area contributed by atoms with Crippen molar-refractivity contribution in [1.82, 2.24) is 25.3 Å². The van der Waals surface area contributed by atoms with Crippen molar-refractivity contribution in [2.45, 2.75) is 19.1 Å². The van der Waals surface area contributed by atoms with Gasteiger partial charge in [0, 0.05) is 37.6 Å². The third-order valence-corrected chi connectivity index (χ3v) is 4.96. The fraction of sp³-hybridized carbons (Fsp3) is 0.368. The number of para-hydroxylation sites is 1. The van der Waals surface area contributed by atoms with Gasteiger partial charge in [-0.2, -0.15) is 4.98 Å². The number of rotatable bonds is 5. The third kappa shape index (κ3) is 3.67. The van der Waals surface area contributed by atoms with Crippen LogP contribution in [0, 0.1) is 5.92 Å². The first-order valence-corrected chi connectivity index (χ1v) is 8.91. The van der Waals surface area contributed by atoms with Crippen molar-refractivity contribution in [3.8, 4) is 0 Å². The Morgan fingerprint density at radius 1 is 1.33 bits per heavy atom. The molecule has 1 aliphatic rings. The Morgan fingerprint density at radius 2 is 2.19 bits per heavy atom. The van der Waals surface area contributed by atoms with Crippen LogP contribution in [-0.4, -0.2) is 57.3 Å². The van der Waals surface area contributed by atoms with Crippen LogP contribution in [0.3, 0.4) is 0 Å². The SMILES string of the molecule is CNC(=O)c1noc(CN2CC(O)C(Cc3ccnc4ccccc34)C2)n1. The van der Waals surface area contributed by atoms with Crippen LogP contribution < -0.4 is 5.32 Å². The number of carbonyl (C=O) groups is 1. The number of benzene rings is 1. The predicted molar refractivity (Wildman–Crippen MR) is 97.9 cm³/mol. The van der Waals surface area contributed by atoms with E-state index < -0.39 is 6.10 Å². The van der Waals surface area contributed by atoms with Gasteiger partial charge < -0.3 is 14.9 Å². The van der Waals surface area contributed by atoms with Crippen molar-refractivity contribution in [2.24, 2.45) is 5.92 Å². The number of fused-ring (bicyclic) bond motifs is 1. The molecule has 8 nitrogen and oxygen atoms in total. The Bertz CT molecular complexity index is 952. The molecule has 1 amide bonds. The van der Waals surface area contributed by atoms with Crippen LogP contribution >= 0.6 is 0 Å². The standard InChI is InChI=1S/C19H21N5O3/c1-20-19(26)18-22-17(27-23-18)11-24-9-13(16(25)10-24)8-12-6-7-21-15-5-3-2-4-14(12)15/h2-7,13,16,25H,8-11H2,1H3,(H,20,26). The van der Waals surface area contributed by atoms with Crippen LogP contribution in [0.1, 0.15) is 22.1 Å². The van der Waals surface area contributed by atoms with Crippen molar-refractivity contribution in [3.63, 3.8) is 0 Å². The molecule has 2 N–H and O–H groups in total. The average molecular weight is 367 g/mol. The molecule has 0 aliphatic carbocycles. The highest BCUT2D eigenvalue weighted by molar-refractivity contribution is 5.89. The normalized spacial score (nSPS) is 20.2. The van der Waals surface area contributed by atoms with Gasteiger partial charge in [-0.1, -0.05) is 23.4 Å².